The van der Waals surface area contributed by atoms with Crippen molar-refractivity contribution >= 4 is 5.91 Å². The molecule has 4 aliphatic rings. The summed E-state index contributed by atoms with van der Waals surface area (Å²) in [6, 6.07) is 16.5. The van der Waals surface area contributed by atoms with Gasteiger partial charge in [0.25, 0.3) is 0 Å². The van der Waals surface area contributed by atoms with Gasteiger partial charge in [0.05, 0.1) is 19.1 Å². The van der Waals surface area contributed by atoms with Crippen LogP contribution in [0.5, 0.6) is 0 Å². The molecule has 4 atom stereocenters. The van der Waals surface area contributed by atoms with Gasteiger partial charge in [-0.15, -0.1) is 0 Å². The Balaban J connectivity index is 1.33. The third-order valence-corrected chi connectivity index (χ3v) is 9.62. The Kier molecular flexibility index (Phi) is 6.87. The average molecular weight is 491 g/mol. The van der Waals surface area contributed by atoms with Crippen molar-refractivity contribution < 1.29 is 13.9 Å². The molecule has 1 amide bonds. The van der Waals surface area contributed by atoms with Gasteiger partial charge in [0.15, 0.2) is 0 Å². The van der Waals surface area contributed by atoms with Gasteiger partial charge in [-0.25, -0.2) is 4.39 Å². The molecule has 1 aliphatic carbocycles. The minimum absolute atomic E-state index is 0.189. The minimum Gasteiger partial charge on any atom is -0.380 e. The van der Waals surface area contributed by atoms with Crippen LogP contribution in [0.4, 0.5) is 4.39 Å². The molecule has 3 fully saturated rings. The summed E-state index contributed by atoms with van der Waals surface area (Å²) in [6.45, 7) is 2.94. The van der Waals surface area contributed by atoms with Crippen molar-refractivity contribution in [1.82, 2.24) is 10.2 Å². The lowest BCUT2D eigenvalue weighted by Gasteiger charge is -2.47. The first-order chi connectivity index (χ1) is 17.7. The van der Waals surface area contributed by atoms with Crippen molar-refractivity contribution in [3.05, 3.63) is 71.0 Å². The maximum atomic E-state index is 15.4. The van der Waals surface area contributed by atoms with E-state index >= 15 is 4.39 Å². The summed E-state index contributed by atoms with van der Waals surface area (Å²) < 4.78 is 21.5. The summed E-state index contributed by atoms with van der Waals surface area (Å²) in [6.07, 6.45) is 8.99. The molecule has 3 aliphatic heterocycles. The van der Waals surface area contributed by atoms with Crippen molar-refractivity contribution in [3.63, 3.8) is 0 Å². The summed E-state index contributed by atoms with van der Waals surface area (Å²) in [5, 5.41) is 3.48. The molecule has 2 aromatic carbocycles. The van der Waals surface area contributed by atoms with Gasteiger partial charge < -0.3 is 15.0 Å². The highest BCUT2D eigenvalue weighted by molar-refractivity contribution is 5.82. The van der Waals surface area contributed by atoms with Crippen LogP contribution in [0, 0.1) is 17.7 Å². The van der Waals surface area contributed by atoms with E-state index in [-0.39, 0.29) is 23.7 Å². The van der Waals surface area contributed by atoms with E-state index in [9.17, 15) is 4.79 Å². The standard InChI is InChI=1S/C31H39FN2O2/c32-27-13-7-12-24-15-17-36-21-31(29(24)27)20-33-19-26(31)30(35)34-16-14-25(22-8-3-1-4-9-22)18-28(34)23-10-5-2-6-11-23/h1,3-4,7-9,12-13,23,25-26,28,33H,2,5-6,10-11,14-21H2/t25-,26+,28+,31?/m1/s1. The van der Waals surface area contributed by atoms with Crippen molar-refractivity contribution in [2.24, 2.45) is 11.8 Å². The van der Waals surface area contributed by atoms with E-state index in [1.807, 2.05) is 6.07 Å². The highest BCUT2D eigenvalue weighted by Gasteiger charge is 2.53. The molecule has 1 spiro atoms. The zero-order valence-electron chi connectivity index (χ0n) is 21.3. The molecule has 3 heterocycles. The summed E-state index contributed by atoms with van der Waals surface area (Å²) in [4.78, 5) is 16.7. The average Bonchev–Trinajstić information content (AvgIpc) is 3.25. The molecular formula is C31H39FN2O2. The molecule has 2 aromatic rings. The van der Waals surface area contributed by atoms with Crippen molar-refractivity contribution in [2.75, 3.05) is 32.8 Å². The van der Waals surface area contributed by atoms with Gasteiger partial charge in [0.2, 0.25) is 5.91 Å². The summed E-state index contributed by atoms with van der Waals surface area (Å²) in [7, 11) is 0. The van der Waals surface area contributed by atoms with E-state index in [4.69, 9.17) is 4.74 Å². The number of ether oxygens (including phenoxy) is 1. The first-order valence-corrected chi connectivity index (χ1v) is 14.1. The summed E-state index contributed by atoms with van der Waals surface area (Å²) >= 11 is 0. The fourth-order valence-electron chi connectivity index (χ4n) is 7.80. The molecule has 6 rings (SSSR count). The molecule has 0 bridgehead atoms. The van der Waals surface area contributed by atoms with Crippen LogP contribution >= 0.6 is 0 Å². The van der Waals surface area contributed by atoms with E-state index in [0.29, 0.717) is 44.6 Å². The smallest absolute Gasteiger partial charge is 0.228 e. The lowest BCUT2D eigenvalue weighted by Crippen LogP contribution is -2.55. The molecule has 36 heavy (non-hydrogen) atoms. The van der Waals surface area contributed by atoms with Crippen LogP contribution in [-0.2, 0) is 21.4 Å². The number of piperidine rings is 1. The maximum Gasteiger partial charge on any atom is 0.228 e. The number of nitrogens with one attached hydrogen (secondary N) is 1. The number of nitrogens with zero attached hydrogens (tertiary/aromatic N) is 1. The normalized spacial score (nSPS) is 31.2. The fourth-order valence-corrected chi connectivity index (χ4v) is 7.80. The zero-order chi connectivity index (χ0) is 24.5. The highest BCUT2D eigenvalue weighted by Crippen LogP contribution is 2.45. The Morgan fingerprint density at radius 3 is 2.69 bits per heavy atom. The zero-order valence-corrected chi connectivity index (χ0v) is 21.3. The van der Waals surface area contributed by atoms with Crippen LogP contribution in [0.1, 0.15) is 67.6 Å². The van der Waals surface area contributed by atoms with E-state index < -0.39 is 5.41 Å². The van der Waals surface area contributed by atoms with Crippen molar-refractivity contribution in [1.29, 1.82) is 0 Å². The molecule has 1 saturated carbocycles. The van der Waals surface area contributed by atoms with E-state index in [0.717, 1.165) is 30.5 Å². The molecule has 0 radical (unpaired) electrons. The number of benzene rings is 2. The quantitative estimate of drug-likeness (QED) is 0.642. The van der Waals surface area contributed by atoms with Gasteiger partial charge in [0, 0.05) is 36.7 Å². The van der Waals surface area contributed by atoms with E-state index in [2.05, 4.69) is 40.5 Å². The largest absolute Gasteiger partial charge is 0.380 e. The molecule has 2 saturated heterocycles. The van der Waals surface area contributed by atoms with Gasteiger partial charge >= 0.3 is 0 Å². The van der Waals surface area contributed by atoms with Crippen LogP contribution in [0.25, 0.3) is 0 Å². The number of carbonyl (C=O) groups is 1. The lowest BCUT2D eigenvalue weighted by molar-refractivity contribution is -0.143. The van der Waals surface area contributed by atoms with Gasteiger partial charge in [-0.05, 0) is 61.1 Å². The van der Waals surface area contributed by atoms with Crippen LogP contribution in [0.2, 0.25) is 0 Å². The monoisotopic (exact) mass is 490 g/mol. The summed E-state index contributed by atoms with van der Waals surface area (Å²) in [5.41, 5.74) is 2.49. The number of carbonyl (C=O) groups excluding carboxylic acids is 1. The molecule has 1 unspecified atom stereocenters. The first-order valence-electron chi connectivity index (χ1n) is 14.1. The van der Waals surface area contributed by atoms with Crippen molar-refractivity contribution in [2.45, 2.75) is 68.7 Å². The molecule has 4 nitrogen and oxygen atoms in total. The Morgan fingerprint density at radius 2 is 1.86 bits per heavy atom. The van der Waals surface area contributed by atoms with Crippen LogP contribution < -0.4 is 5.32 Å². The first kappa shape index (κ1) is 24.1. The number of rotatable bonds is 3. The van der Waals surface area contributed by atoms with E-state index in [1.165, 1.54) is 37.7 Å². The lowest BCUT2D eigenvalue weighted by atomic mass is 9.69. The SMILES string of the molecule is O=C([C@@H]1CNCC12COCCc1cccc(F)c12)N1CC[C@@H](c2ccccc2)C[C@H]1C1CCCCC1. The summed E-state index contributed by atoms with van der Waals surface area (Å²) in [5.74, 6) is 0.782. The van der Waals surface area contributed by atoms with Gasteiger partial charge in [-0.2, -0.15) is 0 Å². The molecule has 5 heteroatoms. The van der Waals surface area contributed by atoms with Gasteiger partial charge in [-0.3, -0.25) is 4.79 Å². The predicted molar refractivity (Wildman–Crippen MR) is 139 cm³/mol. The van der Waals surface area contributed by atoms with Gasteiger partial charge in [-0.1, -0.05) is 61.7 Å². The maximum absolute atomic E-state index is 15.4. The van der Waals surface area contributed by atoms with Crippen LogP contribution in [-0.4, -0.2) is 49.7 Å². The number of halogens is 1. The third-order valence-electron chi connectivity index (χ3n) is 9.62. The minimum atomic E-state index is -0.637. The van der Waals surface area contributed by atoms with Crippen LogP contribution in [0.3, 0.4) is 0 Å². The second kappa shape index (κ2) is 10.3. The Labute approximate surface area is 214 Å². The second-order valence-electron chi connectivity index (χ2n) is 11.5. The Bertz CT molecular complexity index is 1070. The Morgan fingerprint density at radius 1 is 1.03 bits per heavy atom. The topological polar surface area (TPSA) is 41.6 Å². The highest BCUT2D eigenvalue weighted by atomic mass is 19.1. The van der Waals surface area contributed by atoms with Crippen molar-refractivity contribution in [3.8, 4) is 0 Å². The Hall–Kier alpha value is -2.24. The molecular weight excluding hydrogens is 451 g/mol. The van der Waals surface area contributed by atoms with E-state index in [1.54, 1.807) is 12.1 Å². The number of likely N-dealkylation sites (tertiary alicyclic amines) is 1. The molecule has 1 N–H and O–H groups in total. The number of hydrogen-bond donors (Lipinski definition) is 1. The number of hydrogen-bond acceptors (Lipinski definition) is 3. The second-order valence-corrected chi connectivity index (χ2v) is 11.5. The predicted octanol–water partition coefficient (Wildman–Crippen LogP) is 5.21. The molecule has 0 aromatic heterocycles. The fraction of sp³-hybridized carbons (Fsp3) is 0.581. The molecule has 192 valence electrons. The number of amides is 1. The van der Waals surface area contributed by atoms with Crippen LogP contribution in [0.15, 0.2) is 48.5 Å². The van der Waals surface area contributed by atoms with Gasteiger partial charge in [0.1, 0.15) is 5.82 Å². The number of fused-ring (bicyclic) bond motifs is 2. The third kappa shape index (κ3) is 4.28.